The van der Waals surface area contributed by atoms with Crippen molar-refractivity contribution in [2.45, 2.75) is 37.3 Å². The Balaban J connectivity index is 2.45. The molecule has 0 amide bonds. The van der Waals surface area contributed by atoms with Gasteiger partial charge in [-0.1, -0.05) is 12.8 Å². The lowest BCUT2D eigenvalue weighted by atomic mass is 9.82. The fourth-order valence-corrected chi connectivity index (χ4v) is 3.75. The van der Waals surface area contributed by atoms with Crippen molar-refractivity contribution >= 4 is 0 Å². The van der Waals surface area contributed by atoms with Crippen LogP contribution in [0.2, 0.25) is 0 Å². The van der Waals surface area contributed by atoms with Crippen molar-refractivity contribution in [1.82, 2.24) is 10.2 Å². The molecule has 0 aromatic heterocycles. The van der Waals surface area contributed by atoms with E-state index in [-0.39, 0.29) is 11.6 Å². The van der Waals surface area contributed by atoms with Crippen LogP contribution in [0, 0.1) is 0 Å². The monoisotopic (exact) mass is 292 g/mol. The lowest BCUT2D eigenvalue weighted by molar-refractivity contribution is 0.107. The third-order valence-electron chi connectivity index (χ3n) is 4.94. The molecule has 21 heavy (non-hydrogen) atoms. The molecule has 1 N–H and O–H groups in total. The lowest BCUT2D eigenvalue weighted by Gasteiger charge is -2.43. The standard InChI is InChI=1S/C17H28N2O2/c1-18-16(17(19(2)3)10-6-7-11-17)14-9-8-13(20-4)12-15(14)21-5/h8-9,12,16,18H,6-7,10-11H2,1-5H3. The van der Waals surface area contributed by atoms with Crippen LogP contribution in [0.5, 0.6) is 11.5 Å². The molecule has 0 bridgehead atoms. The molecule has 1 saturated carbocycles. The molecular weight excluding hydrogens is 264 g/mol. The molecule has 1 aliphatic rings. The summed E-state index contributed by atoms with van der Waals surface area (Å²) in [6, 6.07) is 6.36. The van der Waals surface area contributed by atoms with E-state index in [9.17, 15) is 0 Å². The average Bonchev–Trinajstić information content (AvgIpc) is 2.99. The predicted molar refractivity (Wildman–Crippen MR) is 86.2 cm³/mol. The number of hydrogen-bond acceptors (Lipinski definition) is 4. The summed E-state index contributed by atoms with van der Waals surface area (Å²) in [6.45, 7) is 0. The highest BCUT2D eigenvalue weighted by atomic mass is 16.5. The number of methoxy groups -OCH3 is 2. The maximum Gasteiger partial charge on any atom is 0.127 e. The molecule has 1 unspecified atom stereocenters. The molecule has 0 saturated heterocycles. The van der Waals surface area contributed by atoms with Crippen LogP contribution in [0.4, 0.5) is 0 Å². The summed E-state index contributed by atoms with van der Waals surface area (Å²) in [4.78, 5) is 2.38. The Bertz CT molecular complexity index is 468. The smallest absolute Gasteiger partial charge is 0.127 e. The van der Waals surface area contributed by atoms with E-state index in [0.717, 1.165) is 11.5 Å². The van der Waals surface area contributed by atoms with Gasteiger partial charge in [0.15, 0.2) is 0 Å². The van der Waals surface area contributed by atoms with Gasteiger partial charge in [0.2, 0.25) is 0 Å². The molecule has 4 nitrogen and oxygen atoms in total. The first kappa shape index (κ1) is 16.1. The minimum absolute atomic E-state index is 0.149. The third kappa shape index (κ3) is 2.87. The fourth-order valence-electron chi connectivity index (χ4n) is 3.75. The first-order chi connectivity index (χ1) is 10.1. The van der Waals surface area contributed by atoms with Gasteiger partial charge in [-0.15, -0.1) is 0 Å². The molecule has 2 rings (SSSR count). The molecule has 0 aliphatic heterocycles. The van der Waals surface area contributed by atoms with Gasteiger partial charge < -0.3 is 19.7 Å². The first-order valence-electron chi connectivity index (χ1n) is 7.65. The van der Waals surface area contributed by atoms with E-state index in [1.165, 1.54) is 31.2 Å². The summed E-state index contributed by atoms with van der Waals surface area (Å²) >= 11 is 0. The maximum atomic E-state index is 5.62. The summed E-state index contributed by atoms with van der Waals surface area (Å²) in [6.07, 6.45) is 4.99. The minimum Gasteiger partial charge on any atom is -0.497 e. The number of nitrogens with one attached hydrogen (secondary N) is 1. The third-order valence-corrected chi connectivity index (χ3v) is 4.94. The van der Waals surface area contributed by atoms with Gasteiger partial charge in [-0.05, 0) is 46.1 Å². The van der Waals surface area contributed by atoms with Gasteiger partial charge in [0.1, 0.15) is 11.5 Å². The zero-order chi connectivity index (χ0) is 15.5. The summed E-state index contributed by atoms with van der Waals surface area (Å²) in [7, 11) is 9.82. The summed E-state index contributed by atoms with van der Waals surface area (Å²) < 4.78 is 10.9. The number of ether oxygens (including phenoxy) is 2. The Morgan fingerprint density at radius 1 is 1.14 bits per heavy atom. The van der Waals surface area contributed by atoms with Crippen LogP contribution in [0.25, 0.3) is 0 Å². The lowest BCUT2D eigenvalue weighted by Crippen LogP contribution is -2.51. The molecule has 0 heterocycles. The van der Waals surface area contributed by atoms with E-state index in [4.69, 9.17) is 9.47 Å². The molecule has 1 aromatic carbocycles. The molecule has 1 fully saturated rings. The topological polar surface area (TPSA) is 33.7 Å². The van der Waals surface area contributed by atoms with Crippen molar-refractivity contribution in [1.29, 1.82) is 0 Å². The van der Waals surface area contributed by atoms with Crippen LogP contribution in [0.1, 0.15) is 37.3 Å². The molecule has 4 heteroatoms. The van der Waals surface area contributed by atoms with E-state index in [1.807, 2.05) is 19.2 Å². The van der Waals surface area contributed by atoms with E-state index < -0.39 is 0 Å². The summed E-state index contributed by atoms with van der Waals surface area (Å²) in [5.74, 6) is 1.72. The number of benzene rings is 1. The van der Waals surface area contributed by atoms with Crippen LogP contribution < -0.4 is 14.8 Å². The molecular formula is C17H28N2O2. The second-order valence-electron chi connectivity index (χ2n) is 6.03. The van der Waals surface area contributed by atoms with Crippen molar-refractivity contribution < 1.29 is 9.47 Å². The van der Waals surface area contributed by atoms with Gasteiger partial charge in [-0.3, -0.25) is 0 Å². The zero-order valence-electron chi connectivity index (χ0n) is 13.9. The second kappa shape index (κ2) is 6.67. The van der Waals surface area contributed by atoms with Gasteiger partial charge in [0.25, 0.3) is 0 Å². The molecule has 0 spiro atoms. The van der Waals surface area contributed by atoms with E-state index >= 15 is 0 Å². The molecule has 0 radical (unpaired) electrons. The Morgan fingerprint density at radius 3 is 2.29 bits per heavy atom. The normalized spacial score (nSPS) is 18.8. The largest absolute Gasteiger partial charge is 0.497 e. The van der Waals surface area contributed by atoms with E-state index in [1.54, 1.807) is 14.2 Å². The molecule has 1 aromatic rings. The molecule has 1 atom stereocenters. The number of nitrogens with zero attached hydrogens (tertiary/aromatic N) is 1. The minimum atomic E-state index is 0.149. The van der Waals surface area contributed by atoms with E-state index in [0.29, 0.717) is 0 Å². The Hall–Kier alpha value is -1.26. The number of rotatable bonds is 6. The summed E-state index contributed by atoms with van der Waals surface area (Å²) in [5, 5.41) is 3.53. The number of likely N-dealkylation sites (N-methyl/N-ethyl adjacent to an activating group) is 2. The van der Waals surface area contributed by atoms with Gasteiger partial charge in [-0.25, -0.2) is 0 Å². The van der Waals surface area contributed by atoms with Crippen molar-refractivity contribution in [2.24, 2.45) is 0 Å². The van der Waals surface area contributed by atoms with Crippen LogP contribution >= 0.6 is 0 Å². The van der Waals surface area contributed by atoms with Crippen LogP contribution in [-0.4, -0.2) is 45.8 Å². The van der Waals surface area contributed by atoms with Crippen LogP contribution in [0.15, 0.2) is 18.2 Å². The summed E-state index contributed by atoms with van der Waals surface area (Å²) in [5.41, 5.74) is 1.35. The van der Waals surface area contributed by atoms with Gasteiger partial charge >= 0.3 is 0 Å². The quantitative estimate of drug-likeness (QED) is 0.874. The highest BCUT2D eigenvalue weighted by Crippen LogP contribution is 2.45. The average molecular weight is 292 g/mol. The van der Waals surface area contributed by atoms with E-state index in [2.05, 4.69) is 30.4 Å². The van der Waals surface area contributed by atoms with Gasteiger partial charge in [-0.2, -0.15) is 0 Å². The molecule has 1 aliphatic carbocycles. The Labute approximate surface area is 128 Å². The zero-order valence-corrected chi connectivity index (χ0v) is 13.9. The maximum absolute atomic E-state index is 5.62. The first-order valence-corrected chi connectivity index (χ1v) is 7.65. The van der Waals surface area contributed by atoms with Gasteiger partial charge in [0, 0.05) is 17.2 Å². The van der Waals surface area contributed by atoms with Crippen molar-refractivity contribution in [3.05, 3.63) is 23.8 Å². The second-order valence-corrected chi connectivity index (χ2v) is 6.03. The SMILES string of the molecule is CNC(c1ccc(OC)cc1OC)C1(N(C)C)CCCC1. The van der Waals surface area contributed by atoms with Crippen LogP contribution in [0.3, 0.4) is 0 Å². The Kier molecular flexibility index (Phi) is 5.12. The highest BCUT2D eigenvalue weighted by Gasteiger charge is 2.44. The van der Waals surface area contributed by atoms with Crippen molar-refractivity contribution in [3.63, 3.8) is 0 Å². The molecule has 118 valence electrons. The predicted octanol–water partition coefficient (Wildman–Crippen LogP) is 2.84. The number of hydrogen-bond donors (Lipinski definition) is 1. The van der Waals surface area contributed by atoms with Crippen molar-refractivity contribution in [3.8, 4) is 11.5 Å². The van der Waals surface area contributed by atoms with Gasteiger partial charge in [0.05, 0.1) is 20.3 Å². The van der Waals surface area contributed by atoms with Crippen LogP contribution in [-0.2, 0) is 0 Å². The highest BCUT2D eigenvalue weighted by molar-refractivity contribution is 5.44. The Morgan fingerprint density at radius 2 is 1.81 bits per heavy atom. The van der Waals surface area contributed by atoms with Crippen molar-refractivity contribution in [2.75, 3.05) is 35.4 Å². The fraction of sp³-hybridized carbons (Fsp3) is 0.647.